The van der Waals surface area contributed by atoms with Crippen LogP contribution in [0.1, 0.15) is 0 Å². The van der Waals surface area contributed by atoms with Crippen LogP contribution in [0.2, 0.25) is 0 Å². The van der Waals surface area contributed by atoms with Gasteiger partial charge in [-0.2, -0.15) is 0 Å². The van der Waals surface area contributed by atoms with Crippen LogP contribution in [0.25, 0.3) is 11.3 Å². The highest BCUT2D eigenvalue weighted by Gasteiger charge is 1.98. The zero-order valence-corrected chi connectivity index (χ0v) is 8.44. The average molecular weight is 200 g/mol. The summed E-state index contributed by atoms with van der Waals surface area (Å²) < 4.78 is 0. The number of hydrogen-bond acceptors (Lipinski definition) is 2. The highest BCUT2D eigenvalue weighted by atomic mass is 14.9. The molecule has 0 bridgehead atoms. The van der Waals surface area contributed by atoms with Crippen LogP contribution in [0.4, 0.5) is 5.69 Å². The number of rotatable bonds is 3. The quantitative estimate of drug-likeness (QED) is 0.589. The molecule has 0 aliphatic heterocycles. The molecule has 15 heavy (non-hydrogen) atoms. The van der Waals surface area contributed by atoms with Crippen LogP contribution in [0.5, 0.6) is 0 Å². The van der Waals surface area contributed by atoms with Crippen molar-refractivity contribution in [2.75, 3.05) is 12.4 Å². The van der Waals surface area contributed by atoms with E-state index in [0.29, 0.717) is 0 Å². The number of aromatic nitrogens is 2. The average Bonchev–Trinajstić information content (AvgIpc) is 2.80. The van der Waals surface area contributed by atoms with Crippen LogP contribution in [0, 0.1) is 0 Å². The van der Waals surface area contributed by atoms with Gasteiger partial charge in [0, 0.05) is 18.3 Å². The molecule has 1 aromatic heterocycles. The van der Waals surface area contributed by atoms with Crippen molar-refractivity contribution in [3.05, 3.63) is 36.8 Å². The monoisotopic (exact) mass is 200 g/mol. The third kappa shape index (κ3) is 2.22. The maximum Gasteiger partial charge on any atom is 0.0924 e. The van der Waals surface area contributed by atoms with E-state index < -0.39 is 0 Å². The molecule has 0 saturated carbocycles. The van der Waals surface area contributed by atoms with E-state index in [1.165, 1.54) is 0 Å². The second-order valence-electron chi connectivity index (χ2n) is 3.08. The number of H-pyrrole nitrogens is 1. The van der Waals surface area contributed by atoms with Gasteiger partial charge in [0.1, 0.15) is 0 Å². The van der Waals surface area contributed by atoms with Crippen LogP contribution in [0.15, 0.2) is 41.8 Å². The van der Waals surface area contributed by atoms with E-state index in [-0.39, 0.29) is 0 Å². The minimum absolute atomic E-state index is 1.01. The lowest BCUT2D eigenvalue weighted by atomic mass is 10.1. The zero-order valence-electron chi connectivity index (χ0n) is 8.44. The number of nitrogens with zero attached hydrogens (tertiary/aromatic N) is 2. The number of nitrogens with one attached hydrogen (secondary N) is 2. The molecule has 2 rings (SSSR count). The molecular weight excluding hydrogens is 188 g/mol. The Morgan fingerprint density at radius 3 is 3.13 bits per heavy atom. The summed E-state index contributed by atoms with van der Waals surface area (Å²) >= 11 is 0. The van der Waals surface area contributed by atoms with Crippen molar-refractivity contribution >= 4 is 12.0 Å². The van der Waals surface area contributed by atoms with Gasteiger partial charge in [-0.25, -0.2) is 4.98 Å². The summed E-state index contributed by atoms with van der Waals surface area (Å²) in [7, 11) is 1.73. The third-order valence-corrected chi connectivity index (χ3v) is 2.03. The highest BCUT2D eigenvalue weighted by molar-refractivity contribution is 5.77. The molecule has 0 atom stereocenters. The van der Waals surface area contributed by atoms with E-state index in [1.807, 2.05) is 24.3 Å². The van der Waals surface area contributed by atoms with E-state index in [4.69, 9.17) is 0 Å². The molecule has 0 fully saturated rings. The fourth-order valence-corrected chi connectivity index (χ4v) is 1.33. The Bertz CT molecular complexity index is 445. The molecule has 0 saturated heterocycles. The molecular formula is C11H12N4. The molecule has 0 aliphatic carbocycles. The molecule has 0 spiro atoms. The molecule has 0 amide bonds. The summed E-state index contributed by atoms with van der Waals surface area (Å²) in [5, 5.41) is 3.07. The van der Waals surface area contributed by atoms with Gasteiger partial charge in [0.2, 0.25) is 0 Å². The van der Waals surface area contributed by atoms with Gasteiger partial charge in [0.25, 0.3) is 0 Å². The van der Waals surface area contributed by atoms with Crippen LogP contribution < -0.4 is 5.32 Å². The largest absolute Gasteiger partial charge is 0.347 e. The van der Waals surface area contributed by atoms with E-state index >= 15 is 0 Å². The van der Waals surface area contributed by atoms with E-state index in [2.05, 4.69) is 20.3 Å². The predicted molar refractivity (Wildman–Crippen MR) is 62.1 cm³/mol. The van der Waals surface area contributed by atoms with Gasteiger partial charge in [-0.3, -0.25) is 4.99 Å². The minimum atomic E-state index is 1.01. The molecule has 76 valence electrons. The van der Waals surface area contributed by atoms with Crippen molar-refractivity contribution in [3.63, 3.8) is 0 Å². The van der Waals surface area contributed by atoms with Crippen molar-refractivity contribution in [3.8, 4) is 11.3 Å². The first kappa shape index (κ1) is 9.45. The fourth-order valence-electron chi connectivity index (χ4n) is 1.33. The Labute approximate surface area is 88.1 Å². The van der Waals surface area contributed by atoms with Gasteiger partial charge in [-0.05, 0) is 12.1 Å². The van der Waals surface area contributed by atoms with Crippen LogP contribution in [-0.4, -0.2) is 23.4 Å². The summed E-state index contributed by atoms with van der Waals surface area (Å²) in [5.41, 5.74) is 3.11. The maximum absolute atomic E-state index is 3.99. The first-order chi connectivity index (χ1) is 7.40. The number of imidazole rings is 1. The molecule has 4 nitrogen and oxygen atoms in total. The number of hydrogen-bond donors (Lipinski definition) is 2. The van der Waals surface area contributed by atoms with Crippen molar-refractivity contribution < 1.29 is 0 Å². The summed E-state index contributed by atoms with van der Waals surface area (Å²) in [4.78, 5) is 10.9. The van der Waals surface area contributed by atoms with E-state index in [9.17, 15) is 0 Å². The van der Waals surface area contributed by atoms with Crippen LogP contribution >= 0.6 is 0 Å². The van der Waals surface area contributed by atoms with Crippen LogP contribution in [0.3, 0.4) is 0 Å². The molecule has 2 aromatic rings. The Hall–Kier alpha value is -2.10. The van der Waals surface area contributed by atoms with Crippen LogP contribution in [-0.2, 0) is 0 Å². The molecule has 2 N–H and O–H groups in total. The Balaban J connectivity index is 2.27. The SMILES string of the molecule is CN=CNc1cccc(-c2cnc[nH]2)c1. The van der Waals surface area contributed by atoms with Crippen molar-refractivity contribution in [2.24, 2.45) is 4.99 Å². The van der Waals surface area contributed by atoms with Crippen molar-refractivity contribution in [1.82, 2.24) is 9.97 Å². The predicted octanol–water partition coefficient (Wildman–Crippen LogP) is 2.15. The first-order valence-corrected chi connectivity index (χ1v) is 4.66. The first-order valence-electron chi connectivity index (χ1n) is 4.66. The number of benzene rings is 1. The van der Waals surface area contributed by atoms with Crippen molar-refractivity contribution in [1.29, 1.82) is 0 Å². The molecule has 0 unspecified atom stereocenters. The smallest absolute Gasteiger partial charge is 0.0924 e. The molecule has 0 radical (unpaired) electrons. The van der Waals surface area contributed by atoms with E-state index in [0.717, 1.165) is 16.9 Å². The van der Waals surface area contributed by atoms with Gasteiger partial charge in [0.15, 0.2) is 0 Å². The second-order valence-corrected chi connectivity index (χ2v) is 3.08. The number of anilines is 1. The zero-order chi connectivity index (χ0) is 10.5. The maximum atomic E-state index is 3.99. The van der Waals surface area contributed by atoms with Gasteiger partial charge in [-0.1, -0.05) is 12.1 Å². The lowest BCUT2D eigenvalue weighted by Gasteiger charge is -2.02. The van der Waals surface area contributed by atoms with Gasteiger partial charge < -0.3 is 10.3 Å². The van der Waals surface area contributed by atoms with Crippen molar-refractivity contribution in [2.45, 2.75) is 0 Å². The Morgan fingerprint density at radius 2 is 2.40 bits per heavy atom. The fraction of sp³-hybridized carbons (Fsp3) is 0.0909. The Kier molecular flexibility index (Phi) is 2.78. The summed E-state index contributed by atoms with van der Waals surface area (Å²) in [5.74, 6) is 0. The highest BCUT2D eigenvalue weighted by Crippen LogP contribution is 2.19. The number of aliphatic imine (C=N–C) groups is 1. The minimum Gasteiger partial charge on any atom is -0.347 e. The second kappa shape index (κ2) is 4.41. The molecule has 4 heteroatoms. The van der Waals surface area contributed by atoms with Gasteiger partial charge in [-0.15, -0.1) is 0 Å². The van der Waals surface area contributed by atoms with Gasteiger partial charge >= 0.3 is 0 Å². The summed E-state index contributed by atoms with van der Waals surface area (Å²) in [6.45, 7) is 0. The lowest BCUT2D eigenvalue weighted by molar-refractivity contribution is 1.31. The van der Waals surface area contributed by atoms with Gasteiger partial charge in [0.05, 0.1) is 24.6 Å². The lowest BCUT2D eigenvalue weighted by Crippen LogP contribution is -1.94. The summed E-state index contributed by atoms with van der Waals surface area (Å²) in [6, 6.07) is 8.04. The Morgan fingerprint density at radius 1 is 1.47 bits per heavy atom. The molecule has 0 aliphatic rings. The van der Waals surface area contributed by atoms with E-state index in [1.54, 1.807) is 25.9 Å². The third-order valence-electron chi connectivity index (χ3n) is 2.03. The molecule has 1 aromatic carbocycles. The topological polar surface area (TPSA) is 53.1 Å². The molecule has 1 heterocycles. The summed E-state index contributed by atoms with van der Waals surface area (Å²) in [6.07, 6.45) is 5.13. The number of aromatic amines is 1. The standard InChI is InChI=1S/C11H12N4/c1-12-7-14-10-4-2-3-9(5-10)11-6-13-8-15-11/h2-8H,1H3,(H,12,14)(H,13,15). The normalized spacial score (nSPS) is 10.7.